The van der Waals surface area contributed by atoms with Crippen molar-refractivity contribution in [1.29, 1.82) is 0 Å². The summed E-state index contributed by atoms with van der Waals surface area (Å²) in [5, 5.41) is 0. The molecule has 192 valence electrons. The van der Waals surface area contributed by atoms with Crippen LogP contribution >= 0.6 is 0 Å². The average Bonchev–Trinajstić information content (AvgIpc) is 3.11. The zero-order chi connectivity index (χ0) is 24.3. The van der Waals surface area contributed by atoms with Crippen LogP contribution in [-0.4, -0.2) is 85.3 Å². The molecule has 1 aromatic carbocycles. The Hall–Kier alpha value is -2.64. The molecule has 36 heavy (non-hydrogen) atoms. The van der Waals surface area contributed by atoms with Gasteiger partial charge in [-0.15, -0.1) is 0 Å². The molecule has 1 aromatic heterocycles. The Morgan fingerprint density at radius 2 is 1.67 bits per heavy atom. The van der Waals surface area contributed by atoms with Crippen LogP contribution in [0.4, 0.5) is 5.82 Å². The van der Waals surface area contributed by atoms with Gasteiger partial charge in [-0.3, -0.25) is 9.69 Å². The smallest absolute Gasteiger partial charge is 0.255 e. The molecule has 1 saturated carbocycles. The molecule has 0 N–H and O–H groups in total. The molecule has 6 rings (SSSR count). The SMILES string of the molecule is O=C(c1ccc(N2CCC(Oc3ccc4c(c3)CCN(C3CCC3)CC4)CC2)nc1)N1CCOCC1. The lowest BCUT2D eigenvalue weighted by molar-refractivity contribution is 0.0302. The van der Waals surface area contributed by atoms with Crippen LogP contribution in [0.15, 0.2) is 36.5 Å². The maximum absolute atomic E-state index is 12.7. The van der Waals surface area contributed by atoms with Crippen molar-refractivity contribution < 1.29 is 14.3 Å². The summed E-state index contributed by atoms with van der Waals surface area (Å²) >= 11 is 0. The summed E-state index contributed by atoms with van der Waals surface area (Å²) in [5.74, 6) is 2.00. The number of benzene rings is 1. The summed E-state index contributed by atoms with van der Waals surface area (Å²) in [6.07, 6.45) is 10.4. The zero-order valence-corrected chi connectivity index (χ0v) is 21.2. The molecule has 3 fully saturated rings. The van der Waals surface area contributed by atoms with E-state index in [1.165, 1.54) is 43.5 Å². The Morgan fingerprint density at radius 1 is 0.889 bits per heavy atom. The van der Waals surface area contributed by atoms with E-state index in [0.29, 0.717) is 31.9 Å². The van der Waals surface area contributed by atoms with Crippen molar-refractivity contribution in [3.05, 3.63) is 53.2 Å². The van der Waals surface area contributed by atoms with Gasteiger partial charge in [-0.25, -0.2) is 4.98 Å². The Labute approximate surface area is 214 Å². The fraction of sp³-hybridized carbons (Fsp3) is 0.586. The van der Waals surface area contributed by atoms with Crippen LogP contribution in [0.3, 0.4) is 0 Å². The van der Waals surface area contributed by atoms with Gasteiger partial charge in [-0.2, -0.15) is 0 Å². The lowest BCUT2D eigenvalue weighted by Crippen LogP contribution is -2.41. The third-order valence-electron chi connectivity index (χ3n) is 8.47. The van der Waals surface area contributed by atoms with Crippen molar-refractivity contribution >= 4 is 11.7 Å². The molecule has 7 nitrogen and oxygen atoms in total. The number of carbonyl (C=O) groups is 1. The largest absolute Gasteiger partial charge is 0.490 e. The van der Waals surface area contributed by atoms with Gasteiger partial charge in [0.25, 0.3) is 5.91 Å². The Kier molecular flexibility index (Phi) is 7.10. The maximum atomic E-state index is 12.7. The molecule has 2 aromatic rings. The second kappa shape index (κ2) is 10.8. The van der Waals surface area contributed by atoms with Gasteiger partial charge in [0, 0.05) is 64.3 Å². The average molecular weight is 491 g/mol. The van der Waals surface area contributed by atoms with Crippen molar-refractivity contribution in [3.8, 4) is 5.75 Å². The number of rotatable bonds is 5. The Bertz CT molecular complexity index is 1040. The zero-order valence-electron chi connectivity index (χ0n) is 21.2. The first-order valence-electron chi connectivity index (χ1n) is 13.8. The first-order valence-corrected chi connectivity index (χ1v) is 13.8. The van der Waals surface area contributed by atoms with Crippen LogP contribution in [0.2, 0.25) is 0 Å². The van der Waals surface area contributed by atoms with Gasteiger partial charge in [0.05, 0.1) is 18.8 Å². The molecule has 0 unspecified atom stereocenters. The summed E-state index contributed by atoms with van der Waals surface area (Å²) in [5.41, 5.74) is 3.63. The van der Waals surface area contributed by atoms with Crippen molar-refractivity contribution in [2.75, 3.05) is 57.4 Å². The highest BCUT2D eigenvalue weighted by Gasteiger charge is 2.27. The second-order valence-electron chi connectivity index (χ2n) is 10.7. The third-order valence-corrected chi connectivity index (χ3v) is 8.47. The van der Waals surface area contributed by atoms with Crippen LogP contribution in [-0.2, 0) is 17.6 Å². The van der Waals surface area contributed by atoms with Crippen molar-refractivity contribution in [1.82, 2.24) is 14.8 Å². The molecule has 2 saturated heterocycles. The molecule has 0 bridgehead atoms. The summed E-state index contributed by atoms with van der Waals surface area (Å²) in [7, 11) is 0. The van der Waals surface area contributed by atoms with Crippen molar-refractivity contribution in [2.24, 2.45) is 0 Å². The number of hydrogen-bond donors (Lipinski definition) is 0. The summed E-state index contributed by atoms with van der Waals surface area (Å²) in [4.78, 5) is 24.1. The van der Waals surface area contributed by atoms with E-state index in [2.05, 4.69) is 33.0 Å². The van der Waals surface area contributed by atoms with E-state index in [4.69, 9.17) is 9.47 Å². The van der Waals surface area contributed by atoms with E-state index >= 15 is 0 Å². The normalized spacial score (nSPS) is 22.0. The molecule has 0 radical (unpaired) electrons. The maximum Gasteiger partial charge on any atom is 0.255 e. The molecule has 1 aliphatic carbocycles. The molecule has 0 spiro atoms. The van der Waals surface area contributed by atoms with Gasteiger partial charge in [-0.05, 0) is 61.1 Å². The first-order chi connectivity index (χ1) is 17.7. The molecule has 0 atom stereocenters. The quantitative estimate of drug-likeness (QED) is 0.639. The number of ether oxygens (including phenoxy) is 2. The molecule has 4 aliphatic rings. The van der Waals surface area contributed by atoms with Crippen LogP contribution in [0, 0.1) is 0 Å². The van der Waals surface area contributed by atoms with Crippen LogP contribution in [0.1, 0.15) is 53.6 Å². The van der Waals surface area contributed by atoms with E-state index in [-0.39, 0.29) is 12.0 Å². The van der Waals surface area contributed by atoms with Gasteiger partial charge in [0.2, 0.25) is 0 Å². The number of amides is 1. The number of pyridine rings is 1. The number of anilines is 1. The molecule has 7 heteroatoms. The molecular formula is C29H38N4O3. The van der Waals surface area contributed by atoms with Crippen LogP contribution in [0.5, 0.6) is 5.75 Å². The fourth-order valence-electron chi connectivity index (χ4n) is 5.95. The third kappa shape index (κ3) is 5.23. The summed E-state index contributed by atoms with van der Waals surface area (Å²) < 4.78 is 11.8. The summed E-state index contributed by atoms with van der Waals surface area (Å²) in [6.45, 7) is 6.73. The predicted molar refractivity (Wildman–Crippen MR) is 140 cm³/mol. The van der Waals surface area contributed by atoms with Gasteiger partial charge in [0.15, 0.2) is 0 Å². The minimum Gasteiger partial charge on any atom is -0.490 e. The summed E-state index contributed by atoms with van der Waals surface area (Å²) in [6, 6.07) is 11.5. The first kappa shape index (κ1) is 23.7. The van der Waals surface area contributed by atoms with Gasteiger partial charge < -0.3 is 19.3 Å². The van der Waals surface area contributed by atoms with Gasteiger partial charge >= 0.3 is 0 Å². The number of piperidine rings is 1. The lowest BCUT2D eigenvalue weighted by atomic mass is 9.91. The van der Waals surface area contributed by atoms with Crippen LogP contribution < -0.4 is 9.64 Å². The number of carbonyl (C=O) groups excluding carboxylic acids is 1. The minimum atomic E-state index is 0.0426. The van der Waals surface area contributed by atoms with Crippen LogP contribution in [0.25, 0.3) is 0 Å². The molecule has 4 heterocycles. The van der Waals surface area contributed by atoms with Gasteiger partial charge in [-0.1, -0.05) is 12.5 Å². The number of nitrogens with zero attached hydrogens (tertiary/aromatic N) is 4. The van der Waals surface area contributed by atoms with Crippen molar-refractivity contribution in [2.45, 2.75) is 57.1 Å². The number of fused-ring (bicyclic) bond motifs is 1. The molecule has 1 amide bonds. The van der Waals surface area contributed by atoms with E-state index in [9.17, 15) is 4.79 Å². The van der Waals surface area contributed by atoms with E-state index in [0.717, 1.165) is 56.4 Å². The van der Waals surface area contributed by atoms with E-state index in [1.807, 2.05) is 17.0 Å². The van der Waals surface area contributed by atoms with Gasteiger partial charge in [0.1, 0.15) is 17.7 Å². The highest BCUT2D eigenvalue weighted by atomic mass is 16.5. The Morgan fingerprint density at radius 3 is 2.36 bits per heavy atom. The van der Waals surface area contributed by atoms with Crippen molar-refractivity contribution in [3.63, 3.8) is 0 Å². The highest BCUT2D eigenvalue weighted by molar-refractivity contribution is 5.94. The topological polar surface area (TPSA) is 58.1 Å². The standard InChI is InChI=1S/C29H38N4O3/c34-29(33-16-18-35-19-17-33)24-5-7-28(30-21-24)32-14-10-26(11-15-32)36-27-6-4-22-8-12-31(25-2-1-3-25)13-9-23(22)20-27/h4-7,20-21,25-26H,1-3,8-19H2. The predicted octanol–water partition coefficient (Wildman–Crippen LogP) is 3.55. The molecular weight excluding hydrogens is 452 g/mol. The van der Waals surface area contributed by atoms with E-state index in [1.54, 1.807) is 6.20 Å². The number of aromatic nitrogens is 1. The number of morpholine rings is 1. The molecule has 3 aliphatic heterocycles. The highest BCUT2D eigenvalue weighted by Crippen LogP contribution is 2.29. The fourth-order valence-corrected chi connectivity index (χ4v) is 5.95. The minimum absolute atomic E-state index is 0.0426. The monoisotopic (exact) mass is 490 g/mol. The van der Waals surface area contributed by atoms with E-state index < -0.39 is 0 Å². The lowest BCUT2D eigenvalue weighted by Gasteiger charge is -2.36. The Balaban J connectivity index is 1.01. The number of hydrogen-bond acceptors (Lipinski definition) is 6. The second-order valence-corrected chi connectivity index (χ2v) is 10.7.